The molecule has 1 unspecified atom stereocenters. The smallest absolute Gasteiger partial charge is 0.0231 e. The molecule has 0 spiro atoms. The standard InChI is InChI=1S/C8H12NPS/c1-4-8-5-6-10(11,7-8)9(2)3/h1,5H,6-7H2,2-3H3. The average Bonchev–Trinajstić information content (AvgIpc) is 2.33. The monoisotopic (exact) mass is 185 g/mol. The van der Waals surface area contributed by atoms with Crippen LogP contribution in [0.3, 0.4) is 0 Å². The summed E-state index contributed by atoms with van der Waals surface area (Å²) in [6.07, 6.45) is 8.08. The first-order valence-corrected chi connectivity index (χ1v) is 6.62. The van der Waals surface area contributed by atoms with Crippen LogP contribution in [0.4, 0.5) is 0 Å². The van der Waals surface area contributed by atoms with Crippen LogP contribution in [-0.2, 0) is 11.8 Å². The van der Waals surface area contributed by atoms with Crippen LogP contribution in [0.25, 0.3) is 0 Å². The van der Waals surface area contributed by atoms with Crippen molar-refractivity contribution in [2.45, 2.75) is 0 Å². The van der Waals surface area contributed by atoms with Crippen LogP contribution in [0.1, 0.15) is 0 Å². The Bertz CT molecular complexity index is 272. The van der Waals surface area contributed by atoms with E-state index in [1.165, 1.54) is 0 Å². The van der Waals surface area contributed by atoms with E-state index in [0.29, 0.717) is 0 Å². The van der Waals surface area contributed by atoms with Crippen molar-refractivity contribution in [2.75, 3.05) is 26.4 Å². The predicted octanol–water partition coefficient (Wildman–Crippen LogP) is 1.52. The van der Waals surface area contributed by atoms with E-state index in [9.17, 15) is 0 Å². The highest BCUT2D eigenvalue weighted by Gasteiger charge is 2.24. The van der Waals surface area contributed by atoms with E-state index in [2.05, 4.69) is 16.7 Å². The maximum Gasteiger partial charge on any atom is 0.0231 e. The normalized spacial score (nSPS) is 30.2. The van der Waals surface area contributed by atoms with Gasteiger partial charge in [0.1, 0.15) is 0 Å². The lowest BCUT2D eigenvalue weighted by Crippen LogP contribution is -2.09. The van der Waals surface area contributed by atoms with E-state index >= 15 is 0 Å². The van der Waals surface area contributed by atoms with Crippen LogP contribution in [0.2, 0.25) is 0 Å². The molecule has 1 nitrogen and oxygen atoms in total. The number of rotatable bonds is 1. The molecule has 0 amide bonds. The first-order valence-electron chi connectivity index (χ1n) is 3.50. The predicted molar refractivity (Wildman–Crippen MR) is 54.6 cm³/mol. The van der Waals surface area contributed by atoms with Gasteiger partial charge in [0.2, 0.25) is 0 Å². The highest BCUT2D eigenvalue weighted by Crippen LogP contribution is 2.53. The van der Waals surface area contributed by atoms with E-state index in [-0.39, 0.29) is 0 Å². The Balaban J connectivity index is 2.75. The lowest BCUT2D eigenvalue weighted by atomic mass is 10.3. The minimum Gasteiger partial charge on any atom is -0.281 e. The molecule has 11 heavy (non-hydrogen) atoms. The molecule has 1 atom stereocenters. The molecule has 1 aliphatic heterocycles. The minimum atomic E-state index is -1.28. The molecule has 0 saturated heterocycles. The number of allylic oxidation sites excluding steroid dienone is 2. The van der Waals surface area contributed by atoms with Crippen LogP contribution in [-0.4, -0.2) is 31.1 Å². The Labute approximate surface area is 73.5 Å². The molecule has 0 aromatic heterocycles. The van der Waals surface area contributed by atoms with Crippen molar-refractivity contribution in [3.8, 4) is 12.3 Å². The van der Waals surface area contributed by atoms with Crippen molar-refractivity contribution in [3.63, 3.8) is 0 Å². The van der Waals surface area contributed by atoms with Gasteiger partial charge in [-0.05, 0) is 14.1 Å². The largest absolute Gasteiger partial charge is 0.281 e. The lowest BCUT2D eigenvalue weighted by molar-refractivity contribution is 0.678. The van der Waals surface area contributed by atoms with Gasteiger partial charge >= 0.3 is 0 Å². The SMILES string of the molecule is C#CC1=CCP(=S)(N(C)C)C1. The van der Waals surface area contributed by atoms with Crippen molar-refractivity contribution < 1.29 is 0 Å². The second-order valence-electron chi connectivity index (χ2n) is 2.91. The first kappa shape index (κ1) is 9.00. The molecule has 1 rings (SSSR count). The molecule has 0 fully saturated rings. The lowest BCUT2D eigenvalue weighted by Gasteiger charge is -2.23. The Hall–Kier alpha value is -0.0900. The van der Waals surface area contributed by atoms with Crippen LogP contribution < -0.4 is 0 Å². The summed E-state index contributed by atoms with van der Waals surface area (Å²) in [6, 6.07) is 0. The van der Waals surface area contributed by atoms with Gasteiger partial charge in [-0.25, -0.2) is 0 Å². The molecule has 0 saturated carbocycles. The average molecular weight is 185 g/mol. The molecular formula is C8H12NPS. The summed E-state index contributed by atoms with van der Waals surface area (Å²) in [7, 11) is 4.10. The zero-order valence-corrected chi connectivity index (χ0v) is 8.58. The summed E-state index contributed by atoms with van der Waals surface area (Å²) in [5.41, 5.74) is 1.10. The molecule has 0 N–H and O–H groups in total. The van der Waals surface area contributed by atoms with Crippen LogP contribution in [0, 0.1) is 12.3 Å². The second-order valence-corrected chi connectivity index (χ2v) is 8.12. The third kappa shape index (κ3) is 1.73. The van der Waals surface area contributed by atoms with E-state index in [0.717, 1.165) is 17.9 Å². The molecule has 0 aromatic rings. The Morgan fingerprint density at radius 3 is 2.64 bits per heavy atom. The zero-order chi connectivity index (χ0) is 8.48. The highest BCUT2D eigenvalue weighted by atomic mass is 32.4. The maximum atomic E-state index is 5.52. The number of hydrogen-bond donors (Lipinski definition) is 0. The van der Waals surface area contributed by atoms with Crippen LogP contribution >= 0.6 is 6.19 Å². The molecule has 0 aromatic carbocycles. The molecule has 0 radical (unpaired) electrons. The molecule has 0 bridgehead atoms. The summed E-state index contributed by atoms with van der Waals surface area (Å²) < 4.78 is 2.17. The Kier molecular flexibility index (Phi) is 2.54. The first-order chi connectivity index (χ1) is 5.08. The Morgan fingerprint density at radius 1 is 1.73 bits per heavy atom. The number of hydrogen-bond acceptors (Lipinski definition) is 1. The van der Waals surface area contributed by atoms with E-state index in [1.807, 2.05) is 14.1 Å². The topological polar surface area (TPSA) is 3.24 Å². The van der Waals surface area contributed by atoms with Crippen molar-refractivity contribution in [1.82, 2.24) is 4.67 Å². The van der Waals surface area contributed by atoms with Gasteiger partial charge in [0.05, 0.1) is 0 Å². The second kappa shape index (κ2) is 3.11. The third-order valence-electron chi connectivity index (χ3n) is 1.95. The van der Waals surface area contributed by atoms with Crippen LogP contribution in [0.5, 0.6) is 0 Å². The van der Waals surface area contributed by atoms with Gasteiger partial charge in [-0.15, -0.1) is 6.42 Å². The molecule has 3 heteroatoms. The molecule has 1 heterocycles. The zero-order valence-electron chi connectivity index (χ0n) is 6.87. The fourth-order valence-corrected chi connectivity index (χ4v) is 3.70. The molecule has 0 aliphatic carbocycles. The highest BCUT2D eigenvalue weighted by molar-refractivity contribution is 8.13. The van der Waals surface area contributed by atoms with Crippen molar-refractivity contribution in [2.24, 2.45) is 0 Å². The van der Waals surface area contributed by atoms with E-state index in [4.69, 9.17) is 18.2 Å². The summed E-state index contributed by atoms with van der Waals surface area (Å²) in [5.74, 6) is 2.67. The van der Waals surface area contributed by atoms with Gasteiger partial charge in [-0.2, -0.15) is 0 Å². The summed E-state index contributed by atoms with van der Waals surface area (Å²) >= 11 is 5.52. The van der Waals surface area contributed by atoms with Gasteiger partial charge in [-0.3, -0.25) is 4.67 Å². The van der Waals surface area contributed by atoms with E-state index < -0.39 is 6.19 Å². The summed E-state index contributed by atoms with van der Waals surface area (Å²) in [6.45, 7) is 0. The molecular weight excluding hydrogens is 173 g/mol. The van der Waals surface area contributed by atoms with Gasteiger partial charge < -0.3 is 0 Å². The van der Waals surface area contributed by atoms with Crippen molar-refractivity contribution >= 4 is 18.0 Å². The minimum absolute atomic E-state index is 0.950. The molecule has 1 aliphatic rings. The van der Waals surface area contributed by atoms with Gasteiger partial charge in [-0.1, -0.05) is 23.8 Å². The van der Waals surface area contributed by atoms with Gasteiger partial charge in [0.15, 0.2) is 0 Å². The van der Waals surface area contributed by atoms with Gasteiger partial charge in [0.25, 0.3) is 0 Å². The summed E-state index contributed by atoms with van der Waals surface area (Å²) in [5, 5.41) is 0. The molecule has 60 valence electrons. The Morgan fingerprint density at radius 2 is 2.36 bits per heavy atom. The number of nitrogens with zero attached hydrogens (tertiary/aromatic N) is 1. The van der Waals surface area contributed by atoms with Crippen LogP contribution in [0.15, 0.2) is 11.6 Å². The van der Waals surface area contributed by atoms with Crippen molar-refractivity contribution in [3.05, 3.63) is 11.6 Å². The fraction of sp³-hybridized carbons (Fsp3) is 0.500. The van der Waals surface area contributed by atoms with Gasteiger partial charge in [0, 0.05) is 24.1 Å². The fourth-order valence-electron chi connectivity index (χ4n) is 1.06. The third-order valence-corrected chi connectivity index (χ3v) is 6.81. The number of terminal acetylenes is 1. The maximum absolute atomic E-state index is 5.52. The van der Waals surface area contributed by atoms with Crippen molar-refractivity contribution in [1.29, 1.82) is 0 Å². The van der Waals surface area contributed by atoms with E-state index in [1.54, 1.807) is 0 Å². The quantitative estimate of drug-likeness (QED) is 0.450. The summed E-state index contributed by atoms with van der Waals surface area (Å²) in [4.78, 5) is 0.